The van der Waals surface area contributed by atoms with Gasteiger partial charge in [0, 0.05) is 13.5 Å². The second-order valence-electron chi connectivity index (χ2n) is 7.89. The van der Waals surface area contributed by atoms with Crippen molar-refractivity contribution in [2.75, 3.05) is 13.7 Å². The molecule has 3 amide bonds. The van der Waals surface area contributed by atoms with E-state index in [1.54, 1.807) is 24.3 Å². The largest absolute Gasteiger partial charge is 0.508 e. The van der Waals surface area contributed by atoms with Gasteiger partial charge in [0.05, 0.1) is 18.1 Å². The molecule has 0 radical (unpaired) electrons. The first-order chi connectivity index (χ1) is 15.8. The van der Waals surface area contributed by atoms with E-state index in [1.165, 1.54) is 24.7 Å². The van der Waals surface area contributed by atoms with Crippen LogP contribution in [0.2, 0.25) is 0 Å². The molecule has 4 atom stereocenters. The fraction of sp³-hybridized carbons (Fsp3) is 0.348. The van der Waals surface area contributed by atoms with Gasteiger partial charge in [0.2, 0.25) is 11.8 Å². The van der Waals surface area contributed by atoms with Crippen LogP contribution in [0.4, 0.5) is 0 Å². The monoisotopic (exact) mass is 457 g/mol. The zero-order valence-electron chi connectivity index (χ0n) is 18.0. The number of phenolic OH excluding ortho intramolecular Hbond substituents is 1. The summed E-state index contributed by atoms with van der Waals surface area (Å²) in [5, 5.41) is 34.8. The zero-order chi connectivity index (χ0) is 24.0. The van der Waals surface area contributed by atoms with Gasteiger partial charge in [-0.1, -0.05) is 36.4 Å². The highest BCUT2D eigenvalue weighted by Gasteiger charge is 2.39. The molecule has 33 heavy (non-hydrogen) atoms. The van der Waals surface area contributed by atoms with Crippen molar-refractivity contribution < 1.29 is 34.5 Å². The number of benzene rings is 2. The number of amides is 3. The average molecular weight is 457 g/mol. The number of aliphatic hydroxyl groups is 1. The van der Waals surface area contributed by atoms with Crippen molar-refractivity contribution in [2.24, 2.45) is 5.92 Å². The Morgan fingerprint density at radius 3 is 2.58 bits per heavy atom. The van der Waals surface area contributed by atoms with Crippen molar-refractivity contribution in [3.8, 4) is 5.75 Å². The molecule has 0 saturated carbocycles. The normalized spacial score (nSPS) is 18.6. The highest BCUT2D eigenvalue weighted by Crippen LogP contribution is 2.32. The maximum atomic E-state index is 13.4. The standard InChI is InChI=1S/C23H27N3O7/c1-33-12-19(29)24-21(23(31)26-32)17(10-13-5-4-7-15(27)9-13)22(30)25-20-16-8-3-2-6-14(16)11-18(20)28/h2-9,17-18,20-21,27-28,32H,10-12H2,1H3,(H,24,29)(H,25,30)(H,26,31)/t17-,18-,20+,21+/m1/s1. The number of hydrogen-bond donors (Lipinski definition) is 6. The van der Waals surface area contributed by atoms with Crippen molar-refractivity contribution in [1.29, 1.82) is 0 Å². The lowest BCUT2D eigenvalue weighted by atomic mass is 9.89. The van der Waals surface area contributed by atoms with Crippen LogP contribution >= 0.6 is 0 Å². The smallest absolute Gasteiger partial charge is 0.266 e. The predicted octanol–water partition coefficient (Wildman–Crippen LogP) is -0.0380. The number of ether oxygens (including phenoxy) is 1. The average Bonchev–Trinajstić information content (AvgIpc) is 3.10. The molecule has 2 aromatic rings. The second-order valence-corrected chi connectivity index (χ2v) is 7.89. The van der Waals surface area contributed by atoms with E-state index in [2.05, 4.69) is 10.6 Å². The van der Waals surface area contributed by atoms with Gasteiger partial charge in [0.15, 0.2) is 0 Å². The van der Waals surface area contributed by atoms with Crippen LogP contribution < -0.4 is 16.1 Å². The van der Waals surface area contributed by atoms with Crippen molar-refractivity contribution in [3.63, 3.8) is 0 Å². The van der Waals surface area contributed by atoms with Crippen molar-refractivity contribution in [1.82, 2.24) is 16.1 Å². The summed E-state index contributed by atoms with van der Waals surface area (Å²) in [5.74, 6) is -3.48. The number of carbonyl (C=O) groups excluding carboxylic acids is 3. The van der Waals surface area contributed by atoms with Crippen LogP contribution in [0.25, 0.3) is 0 Å². The Morgan fingerprint density at radius 2 is 1.88 bits per heavy atom. The molecule has 6 N–H and O–H groups in total. The number of hydrogen-bond acceptors (Lipinski definition) is 7. The molecule has 0 saturated heterocycles. The lowest BCUT2D eigenvalue weighted by molar-refractivity contribution is -0.141. The van der Waals surface area contributed by atoms with E-state index in [1.807, 2.05) is 12.1 Å². The van der Waals surface area contributed by atoms with Crippen LogP contribution in [0.3, 0.4) is 0 Å². The number of phenols is 1. The van der Waals surface area contributed by atoms with E-state index in [9.17, 15) is 29.8 Å². The summed E-state index contributed by atoms with van der Waals surface area (Å²) < 4.78 is 4.78. The predicted molar refractivity (Wildman–Crippen MR) is 116 cm³/mol. The molecule has 2 aromatic carbocycles. The van der Waals surface area contributed by atoms with Gasteiger partial charge < -0.3 is 25.6 Å². The number of aliphatic hydroxyl groups excluding tert-OH is 1. The number of hydroxylamine groups is 1. The van der Waals surface area contributed by atoms with Gasteiger partial charge in [-0.25, -0.2) is 5.48 Å². The lowest BCUT2D eigenvalue weighted by Gasteiger charge is -2.28. The van der Waals surface area contributed by atoms with Crippen LogP contribution in [0, 0.1) is 5.92 Å². The quantitative estimate of drug-likeness (QED) is 0.228. The third-order valence-corrected chi connectivity index (χ3v) is 5.59. The molecule has 0 unspecified atom stereocenters. The highest BCUT2D eigenvalue weighted by molar-refractivity contribution is 5.93. The van der Waals surface area contributed by atoms with Crippen LogP contribution in [0.5, 0.6) is 5.75 Å². The van der Waals surface area contributed by atoms with E-state index < -0.39 is 41.8 Å². The topological polar surface area (TPSA) is 157 Å². The Kier molecular flexibility index (Phi) is 7.99. The molecule has 1 aliphatic carbocycles. The molecular weight excluding hydrogens is 430 g/mol. The molecule has 3 rings (SSSR count). The van der Waals surface area contributed by atoms with E-state index >= 15 is 0 Å². The minimum Gasteiger partial charge on any atom is -0.508 e. The molecular formula is C23H27N3O7. The molecule has 0 bridgehead atoms. The Bertz CT molecular complexity index is 1010. The molecule has 1 aliphatic rings. The summed E-state index contributed by atoms with van der Waals surface area (Å²) in [7, 11) is 1.30. The number of nitrogens with one attached hydrogen (secondary N) is 3. The minimum atomic E-state index is -1.45. The molecule has 0 heterocycles. The summed E-state index contributed by atoms with van der Waals surface area (Å²) in [6.07, 6.45) is -0.541. The second kappa shape index (κ2) is 10.9. The van der Waals surface area contributed by atoms with Gasteiger partial charge in [0.1, 0.15) is 18.4 Å². The van der Waals surface area contributed by atoms with Crippen LogP contribution in [0.15, 0.2) is 48.5 Å². The van der Waals surface area contributed by atoms with E-state index in [0.29, 0.717) is 12.0 Å². The number of fused-ring (bicyclic) bond motifs is 1. The van der Waals surface area contributed by atoms with Gasteiger partial charge in [0.25, 0.3) is 5.91 Å². The maximum absolute atomic E-state index is 13.4. The Hall–Kier alpha value is -3.47. The summed E-state index contributed by atoms with van der Waals surface area (Å²) in [6.45, 7) is -0.357. The molecule has 0 aromatic heterocycles. The van der Waals surface area contributed by atoms with E-state index in [-0.39, 0.29) is 18.8 Å². The van der Waals surface area contributed by atoms with Gasteiger partial charge in [-0.2, -0.15) is 0 Å². The zero-order valence-corrected chi connectivity index (χ0v) is 18.0. The first-order valence-corrected chi connectivity index (χ1v) is 10.4. The lowest BCUT2D eigenvalue weighted by Crippen LogP contribution is -2.56. The Labute approximate surface area is 190 Å². The third-order valence-electron chi connectivity index (χ3n) is 5.59. The Balaban J connectivity index is 1.91. The Morgan fingerprint density at radius 1 is 1.12 bits per heavy atom. The van der Waals surface area contributed by atoms with Gasteiger partial charge >= 0.3 is 0 Å². The fourth-order valence-corrected chi connectivity index (χ4v) is 4.07. The number of carbonyl (C=O) groups is 3. The van der Waals surface area contributed by atoms with Crippen LogP contribution in [-0.2, 0) is 32.0 Å². The fourth-order valence-electron chi connectivity index (χ4n) is 4.07. The van der Waals surface area contributed by atoms with Gasteiger partial charge in [-0.05, 0) is 35.2 Å². The molecule has 0 spiro atoms. The number of aromatic hydroxyl groups is 1. The summed E-state index contributed by atoms with van der Waals surface area (Å²) in [5.41, 5.74) is 3.68. The highest BCUT2D eigenvalue weighted by atomic mass is 16.5. The first-order valence-electron chi connectivity index (χ1n) is 10.4. The first kappa shape index (κ1) is 24.2. The van der Waals surface area contributed by atoms with Crippen LogP contribution in [0.1, 0.15) is 22.7 Å². The minimum absolute atomic E-state index is 0.0293. The SMILES string of the molecule is COCC(=O)N[C@H](C(=O)NO)[C@@H](Cc1cccc(O)c1)C(=O)N[C@H]1c2ccccc2C[C@H]1O. The molecule has 10 heteroatoms. The van der Waals surface area contributed by atoms with Crippen molar-refractivity contribution in [3.05, 3.63) is 65.2 Å². The molecule has 0 aliphatic heterocycles. The van der Waals surface area contributed by atoms with Crippen molar-refractivity contribution in [2.45, 2.75) is 31.0 Å². The third kappa shape index (κ3) is 5.86. The summed E-state index contributed by atoms with van der Waals surface area (Å²) in [6, 6.07) is 11.3. The molecule has 176 valence electrons. The molecule has 10 nitrogen and oxygen atoms in total. The van der Waals surface area contributed by atoms with Gasteiger partial charge in [-0.3, -0.25) is 19.6 Å². The summed E-state index contributed by atoms with van der Waals surface area (Å²) in [4.78, 5) is 38.0. The van der Waals surface area contributed by atoms with Gasteiger partial charge in [-0.15, -0.1) is 0 Å². The van der Waals surface area contributed by atoms with E-state index in [4.69, 9.17) is 4.74 Å². The maximum Gasteiger partial charge on any atom is 0.266 e. The van der Waals surface area contributed by atoms with E-state index in [0.717, 1.165) is 11.1 Å². The number of rotatable bonds is 9. The van der Waals surface area contributed by atoms with Crippen LogP contribution in [-0.4, -0.2) is 59.0 Å². The van der Waals surface area contributed by atoms with Crippen molar-refractivity contribution >= 4 is 17.7 Å². The molecule has 0 fully saturated rings. The number of methoxy groups -OCH3 is 1. The summed E-state index contributed by atoms with van der Waals surface area (Å²) >= 11 is 0.